The van der Waals surface area contributed by atoms with E-state index >= 15 is 0 Å². The molecule has 0 fully saturated rings. The second kappa shape index (κ2) is 6.66. The predicted octanol–water partition coefficient (Wildman–Crippen LogP) is 3.77. The summed E-state index contributed by atoms with van der Waals surface area (Å²) in [5.41, 5.74) is 4.18. The number of aryl methyl sites for hydroxylation is 2. The van der Waals surface area contributed by atoms with Gasteiger partial charge in [0.2, 0.25) is 0 Å². The first-order chi connectivity index (χ1) is 11.9. The number of nitrogens with zero attached hydrogens (tertiary/aromatic N) is 5. The summed E-state index contributed by atoms with van der Waals surface area (Å²) >= 11 is 6.08. The van der Waals surface area contributed by atoms with E-state index < -0.39 is 0 Å². The quantitative estimate of drug-likeness (QED) is 0.660. The van der Waals surface area contributed by atoms with Crippen molar-refractivity contribution in [2.75, 3.05) is 0 Å². The van der Waals surface area contributed by atoms with Crippen LogP contribution in [0.3, 0.4) is 0 Å². The lowest BCUT2D eigenvalue weighted by Gasteiger charge is -2.13. The second-order valence-corrected chi connectivity index (χ2v) is 6.39. The van der Waals surface area contributed by atoms with E-state index in [0.29, 0.717) is 16.2 Å². The Morgan fingerprint density at radius 1 is 1.32 bits per heavy atom. The maximum Gasteiger partial charge on any atom is 0.159 e. The molecule has 0 saturated carbocycles. The molecule has 0 saturated heterocycles. The van der Waals surface area contributed by atoms with Crippen LogP contribution in [-0.2, 0) is 7.05 Å². The SMILES string of the molecule is Cc1c(C#N)cccc1[C@@H](C)N=c1nc(C)n(C)c2cnc(Cl)cc12. The number of benzene rings is 1. The molecule has 0 amide bonds. The van der Waals surface area contributed by atoms with Crippen molar-refractivity contribution in [2.45, 2.75) is 26.8 Å². The van der Waals surface area contributed by atoms with Gasteiger partial charge in [0.1, 0.15) is 11.0 Å². The lowest BCUT2D eigenvalue weighted by atomic mass is 9.98. The number of aromatic nitrogens is 3. The molecule has 0 spiro atoms. The number of fused-ring (bicyclic) bond motifs is 1. The Morgan fingerprint density at radius 3 is 2.80 bits per heavy atom. The zero-order chi connectivity index (χ0) is 18.1. The Hall–Kier alpha value is -2.71. The molecule has 1 atom stereocenters. The van der Waals surface area contributed by atoms with Gasteiger partial charge >= 0.3 is 0 Å². The van der Waals surface area contributed by atoms with Crippen molar-refractivity contribution in [3.8, 4) is 6.07 Å². The molecule has 1 aromatic carbocycles. The minimum atomic E-state index is -0.136. The minimum Gasteiger partial charge on any atom is -0.331 e. The smallest absolute Gasteiger partial charge is 0.159 e. The van der Waals surface area contributed by atoms with Crippen LogP contribution in [0.15, 0.2) is 35.5 Å². The van der Waals surface area contributed by atoms with Crippen LogP contribution in [0.1, 0.15) is 35.5 Å². The summed E-state index contributed by atoms with van der Waals surface area (Å²) in [7, 11) is 1.94. The molecule has 5 nitrogen and oxygen atoms in total. The summed E-state index contributed by atoms with van der Waals surface area (Å²) in [5, 5.41) is 10.5. The fraction of sp³-hybridized carbons (Fsp3) is 0.263. The normalized spacial score (nSPS) is 13.0. The Kier molecular flexibility index (Phi) is 4.56. The predicted molar refractivity (Wildman–Crippen MR) is 98.1 cm³/mol. The Morgan fingerprint density at radius 2 is 2.08 bits per heavy atom. The Balaban J connectivity index is 2.24. The molecule has 2 aromatic heterocycles. The average Bonchev–Trinajstić information content (AvgIpc) is 2.59. The van der Waals surface area contributed by atoms with Crippen molar-refractivity contribution in [3.05, 3.63) is 63.6 Å². The topological polar surface area (TPSA) is 66.9 Å². The monoisotopic (exact) mass is 351 g/mol. The van der Waals surface area contributed by atoms with Crippen LogP contribution in [0.25, 0.3) is 10.9 Å². The molecule has 0 radical (unpaired) electrons. The van der Waals surface area contributed by atoms with E-state index in [0.717, 1.165) is 27.9 Å². The first kappa shape index (κ1) is 17.1. The number of pyridine rings is 1. The van der Waals surface area contributed by atoms with Crippen molar-refractivity contribution < 1.29 is 0 Å². The molecular weight excluding hydrogens is 334 g/mol. The van der Waals surface area contributed by atoms with Crippen molar-refractivity contribution in [2.24, 2.45) is 12.0 Å². The van der Waals surface area contributed by atoms with E-state index in [-0.39, 0.29) is 6.04 Å². The number of hydrogen-bond acceptors (Lipinski definition) is 4. The number of rotatable bonds is 2. The van der Waals surface area contributed by atoms with Crippen LogP contribution >= 0.6 is 11.6 Å². The van der Waals surface area contributed by atoms with Crippen LogP contribution in [0, 0.1) is 25.2 Å². The van der Waals surface area contributed by atoms with Gasteiger partial charge in [-0.15, -0.1) is 0 Å². The second-order valence-electron chi connectivity index (χ2n) is 6.00. The molecule has 6 heteroatoms. The van der Waals surface area contributed by atoms with Crippen molar-refractivity contribution in [1.29, 1.82) is 5.26 Å². The highest BCUT2D eigenvalue weighted by atomic mass is 35.5. The van der Waals surface area contributed by atoms with Gasteiger partial charge in [-0.05, 0) is 44.0 Å². The summed E-state index contributed by atoms with van der Waals surface area (Å²) in [6, 6.07) is 9.57. The van der Waals surface area contributed by atoms with Crippen molar-refractivity contribution >= 4 is 22.5 Å². The van der Waals surface area contributed by atoms with Crippen molar-refractivity contribution in [3.63, 3.8) is 0 Å². The van der Waals surface area contributed by atoms with Gasteiger partial charge in [-0.25, -0.2) is 9.97 Å². The number of hydrogen-bond donors (Lipinski definition) is 0. The van der Waals surface area contributed by atoms with E-state index in [9.17, 15) is 5.26 Å². The summed E-state index contributed by atoms with van der Waals surface area (Å²) in [4.78, 5) is 13.6. The lowest BCUT2D eigenvalue weighted by Crippen LogP contribution is -2.18. The highest BCUT2D eigenvalue weighted by Crippen LogP contribution is 2.23. The molecule has 0 aliphatic rings. The van der Waals surface area contributed by atoms with Gasteiger partial charge in [0.05, 0.1) is 29.4 Å². The molecule has 0 bridgehead atoms. The van der Waals surface area contributed by atoms with Gasteiger partial charge in [0.25, 0.3) is 0 Å². The van der Waals surface area contributed by atoms with Gasteiger partial charge in [-0.1, -0.05) is 23.7 Å². The fourth-order valence-electron chi connectivity index (χ4n) is 2.91. The van der Waals surface area contributed by atoms with E-state index in [2.05, 4.69) is 16.0 Å². The van der Waals surface area contributed by atoms with Gasteiger partial charge in [0, 0.05) is 12.4 Å². The maximum atomic E-state index is 9.24. The van der Waals surface area contributed by atoms with E-state index in [4.69, 9.17) is 16.6 Å². The molecule has 25 heavy (non-hydrogen) atoms. The average molecular weight is 352 g/mol. The zero-order valence-electron chi connectivity index (χ0n) is 14.6. The molecule has 3 aromatic rings. The zero-order valence-corrected chi connectivity index (χ0v) is 15.3. The van der Waals surface area contributed by atoms with Crippen LogP contribution in [0.2, 0.25) is 5.15 Å². The summed E-state index contributed by atoms with van der Waals surface area (Å²) < 4.78 is 1.96. The molecule has 126 valence electrons. The maximum absolute atomic E-state index is 9.24. The number of halogens is 1. The van der Waals surface area contributed by atoms with Gasteiger partial charge in [-0.3, -0.25) is 4.99 Å². The lowest BCUT2D eigenvalue weighted by molar-refractivity contribution is 0.754. The van der Waals surface area contributed by atoms with Gasteiger partial charge in [-0.2, -0.15) is 5.26 Å². The summed E-state index contributed by atoms with van der Waals surface area (Å²) in [6.45, 7) is 5.88. The molecular formula is C19H18ClN5. The molecule has 0 aliphatic carbocycles. The molecule has 0 unspecified atom stereocenters. The fourth-order valence-corrected chi connectivity index (χ4v) is 3.07. The summed E-state index contributed by atoms with van der Waals surface area (Å²) in [5.74, 6) is 0.838. The van der Waals surface area contributed by atoms with Gasteiger partial charge in [0.15, 0.2) is 5.49 Å². The van der Waals surface area contributed by atoms with Crippen molar-refractivity contribution in [1.82, 2.24) is 14.5 Å². The van der Waals surface area contributed by atoms with E-state index in [1.807, 2.05) is 50.6 Å². The molecule has 0 aliphatic heterocycles. The standard InChI is InChI=1S/C19H18ClN5/c1-11-14(9-21)6-5-7-15(11)12(2)23-19-16-8-18(20)22-10-17(16)25(4)13(3)24-19/h5-8,10,12H,1-4H3/t12-/m1/s1. The van der Waals surface area contributed by atoms with Gasteiger partial charge < -0.3 is 4.57 Å². The Labute approximate surface area is 151 Å². The van der Waals surface area contributed by atoms with Crippen LogP contribution in [-0.4, -0.2) is 14.5 Å². The van der Waals surface area contributed by atoms with E-state index in [1.165, 1.54) is 0 Å². The summed E-state index contributed by atoms with van der Waals surface area (Å²) in [6.07, 6.45) is 1.73. The Bertz CT molecular complexity index is 1080. The third-order valence-electron chi connectivity index (χ3n) is 4.47. The van der Waals surface area contributed by atoms with E-state index in [1.54, 1.807) is 12.3 Å². The van der Waals surface area contributed by atoms with Crippen LogP contribution < -0.4 is 5.49 Å². The van der Waals surface area contributed by atoms with Crippen LogP contribution in [0.5, 0.6) is 0 Å². The third kappa shape index (κ3) is 3.13. The molecule has 3 rings (SSSR count). The first-order valence-corrected chi connectivity index (χ1v) is 8.32. The number of nitriles is 1. The highest BCUT2D eigenvalue weighted by molar-refractivity contribution is 6.30. The molecule has 2 heterocycles. The highest BCUT2D eigenvalue weighted by Gasteiger charge is 2.12. The largest absolute Gasteiger partial charge is 0.331 e. The minimum absolute atomic E-state index is 0.136. The van der Waals surface area contributed by atoms with Crippen LogP contribution in [0.4, 0.5) is 0 Å². The first-order valence-electron chi connectivity index (χ1n) is 7.94. The molecule has 0 N–H and O–H groups in total. The third-order valence-corrected chi connectivity index (χ3v) is 4.67.